The first-order chi connectivity index (χ1) is 52.5. The van der Waals surface area contributed by atoms with Gasteiger partial charge in [0.25, 0.3) is 0 Å². The van der Waals surface area contributed by atoms with Crippen molar-refractivity contribution in [3.63, 3.8) is 0 Å². The maximum atomic E-state index is 13.6. The second kappa shape index (κ2) is 40.2. The van der Waals surface area contributed by atoms with Gasteiger partial charge in [-0.15, -0.1) is 0 Å². The van der Waals surface area contributed by atoms with Crippen LogP contribution in [0, 0.1) is 41.4 Å². The van der Waals surface area contributed by atoms with Gasteiger partial charge in [-0.2, -0.15) is 0 Å². The second-order valence-electron chi connectivity index (χ2n) is 29.1. The fourth-order valence-corrected chi connectivity index (χ4v) is 15.3. The average Bonchev–Trinajstić information content (AvgIpc) is 0.807. The lowest BCUT2D eigenvalue weighted by molar-refractivity contribution is -0.390. The van der Waals surface area contributed by atoms with Crippen LogP contribution in [0.2, 0.25) is 0 Å². The Labute approximate surface area is 641 Å². The highest BCUT2D eigenvalue weighted by molar-refractivity contribution is 5.70. The molecule has 35 atom stereocenters. The molecule has 0 N–H and O–H groups in total. The number of nitrogens with zero attached hydrogens (tertiary/aromatic N) is 6. The number of hydrogen-bond acceptors (Lipinski definition) is 36. The minimum Gasteiger partial charge on any atom is -0.463 e. The van der Waals surface area contributed by atoms with Gasteiger partial charge in [0, 0.05) is 103 Å². The van der Waals surface area contributed by atoms with Crippen LogP contribution in [-0.4, -0.2) is 265 Å². The molecule has 14 bridgehead atoms. The third-order valence-corrected chi connectivity index (χ3v) is 21.1. The SMILES string of the molecule is CCC1O[C@H]2O[C@@H]3C(CN=[N+]=[N-])O[C@@H](O[C@@H]4C(CC)O[C@H](O[C@@H]5C(COC(C)=O)O[C@H](O[C@@H]6C(COC(C)=O)O[C@H](O[C@@H]7C(CN=[N+]=[N-])O[C@H](O[C@@H]8C(COC(C)=O)O[C@@H](O[C@H]1[C@H](OC(C)=O)C2OC(C)=O)C(C)[C@H]8C)C(C)[C@H]7C)C(C)[C@H]6C)C(OC(C)=O)[C@H]5C)C(OC(C)=O)[C@H]4OC(C)=O)C(OC(C)=O)[C@H]3OC(C)=O. The Hall–Kier alpha value is -7.24. The summed E-state index contributed by atoms with van der Waals surface area (Å²) in [6, 6.07) is 0. The highest BCUT2D eigenvalue weighted by Gasteiger charge is 2.62. The molecule has 21 aliphatic rings. The largest absolute Gasteiger partial charge is 0.463 e. The van der Waals surface area contributed by atoms with Crippen LogP contribution in [0.3, 0.4) is 0 Å². The highest BCUT2D eigenvalue weighted by atomic mass is 16.8. The van der Waals surface area contributed by atoms with Crippen molar-refractivity contribution < 1.29 is 162 Å². The molecule has 21 fully saturated rings. The summed E-state index contributed by atoms with van der Waals surface area (Å²) in [4.78, 5) is 139. The first-order valence-electron chi connectivity index (χ1n) is 37.3. The molecule has 0 radical (unpaired) electrons. The molecule has 0 aromatic rings. The van der Waals surface area contributed by atoms with Crippen LogP contribution in [0.15, 0.2) is 10.2 Å². The van der Waals surface area contributed by atoms with Crippen molar-refractivity contribution in [3.8, 4) is 0 Å². The van der Waals surface area contributed by atoms with E-state index in [1.165, 1.54) is 13.8 Å². The summed E-state index contributed by atoms with van der Waals surface area (Å²) in [5, 5.41) is 7.70. The van der Waals surface area contributed by atoms with E-state index in [0.29, 0.717) is 0 Å². The van der Waals surface area contributed by atoms with Crippen LogP contribution < -0.4 is 0 Å². The van der Waals surface area contributed by atoms with E-state index in [0.717, 1.165) is 55.4 Å². The zero-order valence-corrected chi connectivity index (χ0v) is 65.7. The summed E-state index contributed by atoms with van der Waals surface area (Å²) in [7, 11) is 0. The fraction of sp³-hybridized carbons (Fsp3) is 0.859. The smallest absolute Gasteiger partial charge is 0.303 e. The highest BCUT2D eigenvalue weighted by Crippen LogP contribution is 2.47. The maximum Gasteiger partial charge on any atom is 0.303 e. The number of azide groups is 2. The summed E-state index contributed by atoms with van der Waals surface area (Å²) in [5.41, 5.74) is 19.8. The van der Waals surface area contributed by atoms with Gasteiger partial charge in [-0.3, -0.25) is 47.9 Å². The molecule has 40 heteroatoms. The van der Waals surface area contributed by atoms with E-state index >= 15 is 0 Å². The molecule has 21 rings (SSSR count). The molecule has 624 valence electrons. The number of ether oxygens (including phenoxy) is 24. The topological polar surface area (TPSA) is 490 Å². The third-order valence-electron chi connectivity index (χ3n) is 21.1. The van der Waals surface area contributed by atoms with Crippen molar-refractivity contribution in [2.45, 2.75) is 317 Å². The molecule has 40 nitrogen and oxygen atoms in total. The van der Waals surface area contributed by atoms with E-state index in [9.17, 15) is 59.0 Å². The number of rotatable bonds is 19. The Kier molecular flexibility index (Phi) is 32.3. The van der Waals surface area contributed by atoms with E-state index in [1.807, 2.05) is 34.6 Å². The number of carbonyl (C=O) groups excluding carboxylic acids is 10. The van der Waals surface area contributed by atoms with Gasteiger partial charge in [-0.1, -0.05) is 72.5 Å². The molecular weight excluding hydrogens is 1480 g/mol. The molecule has 21 aliphatic heterocycles. The summed E-state index contributed by atoms with van der Waals surface area (Å²) < 4.78 is 154. The average molecular weight is 1590 g/mol. The molecule has 111 heavy (non-hydrogen) atoms. The monoisotopic (exact) mass is 1590 g/mol. The van der Waals surface area contributed by atoms with Crippen molar-refractivity contribution in [1.29, 1.82) is 0 Å². The van der Waals surface area contributed by atoms with Crippen LogP contribution >= 0.6 is 0 Å². The van der Waals surface area contributed by atoms with Crippen molar-refractivity contribution in [3.05, 3.63) is 20.9 Å². The Bertz CT molecular complexity index is 3340. The summed E-state index contributed by atoms with van der Waals surface area (Å²) in [6.45, 7) is 24.3. The van der Waals surface area contributed by atoms with Gasteiger partial charge < -0.3 is 114 Å². The molecule has 0 amide bonds. The molecule has 0 aliphatic carbocycles. The standard InChI is InChI=1S/C71H106N6O34/c1-20-44-56-59(92-38(14)82)63(96-42(18)86)70(99-44)111-58-47(23-75-77-73)101-71(64(97-43(19)87)61(58)94-40(16)84)110-57-45(21-2)98-69(62(95-41(17)85)60(57)93-39(15)83)108-54-33(9)55(91-37(13)81)68(104-50(54)26-90-36(12)80)107-53-29(5)31(7)66(102-49(53)25-89-35(11)79)105-51-27(3)30(6)65(100-46(51)22-74-76-72)106-52-28(4)32(8)67(109-56)103-48(52)24-88-34(10)78/h27-33,44-71H,20-26H2,1-19H3/t27-,28-,29-,30?,31?,32?,33+,44?,45?,46?,47?,48?,49?,50?,51+,52+,53+,54+,55?,56-,57-,58-,59+,60+,61+,62?,63?,64?,65-,66-,67+,68-,69-,70+,71+/m1/s1. The van der Waals surface area contributed by atoms with Crippen LogP contribution in [0.5, 0.6) is 0 Å². The first-order valence-corrected chi connectivity index (χ1v) is 37.3. The molecular formula is C71H106N6O34. The lowest BCUT2D eigenvalue weighted by atomic mass is 9.82. The van der Waals surface area contributed by atoms with Gasteiger partial charge in [0.1, 0.15) is 56.4 Å². The van der Waals surface area contributed by atoms with E-state index < -0.39 is 300 Å². The van der Waals surface area contributed by atoms with Gasteiger partial charge in [0.05, 0.1) is 61.9 Å². The molecule has 0 aromatic heterocycles. The minimum atomic E-state index is -2.01. The van der Waals surface area contributed by atoms with E-state index in [1.54, 1.807) is 27.7 Å². The van der Waals surface area contributed by atoms with E-state index in [4.69, 9.17) is 114 Å². The number of esters is 10. The third kappa shape index (κ3) is 22.4. The van der Waals surface area contributed by atoms with Gasteiger partial charge in [0.15, 0.2) is 86.8 Å². The summed E-state index contributed by atoms with van der Waals surface area (Å²) in [5.74, 6) is -13.6. The van der Waals surface area contributed by atoms with Crippen molar-refractivity contribution in [2.24, 2.45) is 51.7 Å². The Morgan fingerprint density at radius 2 is 0.477 bits per heavy atom. The lowest BCUT2D eigenvalue weighted by Gasteiger charge is -2.52. The van der Waals surface area contributed by atoms with Gasteiger partial charge >= 0.3 is 59.7 Å². The molecule has 0 aromatic carbocycles. The van der Waals surface area contributed by atoms with Gasteiger partial charge in [0.2, 0.25) is 0 Å². The molecule has 0 saturated carbocycles. The second-order valence-corrected chi connectivity index (χ2v) is 29.1. The first kappa shape index (κ1) is 89.3. The quantitative estimate of drug-likeness (QED) is 0.0547. The fourth-order valence-electron chi connectivity index (χ4n) is 15.3. The zero-order valence-electron chi connectivity index (χ0n) is 65.7. The zero-order chi connectivity index (χ0) is 81.7. The Balaban J connectivity index is 1.31. The van der Waals surface area contributed by atoms with Crippen molar-refractivity contribution >= 4 is 59.7 Å². The lowest BCUT2D eigenvalue weighted by Crippen LogP contribution is -2.69. The van der Waals surface area contributed by atoms with Crippen LogP contribution in [0.4, 0.5) is 0 Å². The summed E-state index contributed by atoms with van der Waals surface area (Å²) in [6.07, 6.45) is -41.8. The summed E-state index contributed by atoms with van der Waals surface area (Å²) >= 11 is 0. The molecule has 0 spiro atoms. The normalized spacial score (nSPS) is 41.1. The van der Waals surface area contributed by atoms with Crippen LogP contribution in [0.25, 0.3) is 20.9 Å². The van der Waals surface area contributed by atoms with Crippen molar-refractivity contribution in [2.75, 3.05) is 32.9 Å². The van der Waals surface area contributed by atoms with Crippen molar-refractivity contribution in [1.82, 2.24) is 0 Å². The maximum absolute atomic E-state index is 13.6. The van der Waals surface area contributed by atoms with Gasteiger partial charge in [-0.05, 0) is 41.7 Å². The molecule has 14 unspecified atom stereocenters. The van der Waals surface area contributed by atoms with E-state index in [2.05, 4.69) is 20.1 Å². The Morgan fingerprint density at radius 3 is 0.784 bits per heavy atom. The predicted octanol–water partition coefficient (Wildman–Crippen LogP) is 4.88. The van der Waals surface area contributed by atoms with Crippen LogP contribution in [-0.2, 0) is 162 Å². The van der Waals surface area contributed by atoms with E-state index in [-0.39, 0.29) is 19.4 Å². The molecule has 21 saturated heterocycles. The number of hydrogen-bond donors (Lipinski definition) is 0. The molecule has 21 heterocycles. The Morgan fingerprint density at radius 1 is 0.261 bits per heavy atom. The van der Waals surface area contributed by atoms with Crippen LogP contribution in [0.1, 0.15) is 144 Å². The predicted molar refractivity (Wildman–Crippen MR) is 366 cm³/mol. The number of carbonyl (C=O) groups is 10. The van der Waals surface area contributed by atoms with Gasteiger partial charge in [-0.25, -0.2) is 0 Å². The minimum absolute atomic E-state index is 0.0197.